The summed E-state index contributed by atoms with van der Waals surface area (Å²) in [7, 11) is 0. The Kier molecular flexibility index (Phi) is 9.41. The van der Waals surface area contributed by atoms with Crippen LogP contribution in [0.2, 0.25) is 0 Å². The average molecular weight is 799 g/mol. The third-order valence-electron chi connectivity index (χ3n) is 11.1. The van der Waals surface area contributed by atoms with Crippen LogP contribution in [0.15, 0.2) is 239 Å². The molecular formula is C56H38N4O2. The van der Waals surface area contributed by atoms with E-state index in [0.29, 0.717) is 11.8 Å². The van der Waals surface area contributed by atoms with Crippen LogP contribution in [0.25, 0.3) is 67.4 Å². The van der Waals surface area contributed by atoms with Crippen molar-refractivity contribution in [2.45, 2.75) is 0 Å². The summed E-state index contributed by atoms with van der Waals surface area (Å²) in [5.74, 6) is 1.22. The fraction of sp³-hybridized carbons (Fsp3) is 0. The highest BCUT2D eigenvalue weighted by molar-refractivity contribution is 5.83. The van der Waals surface area contributed by atoms with Crippen molar-refractivity contribution < 1.29 is 8.83 Å². The lowest BCUT2D eigenvalue weighted by molar-refractivity contribution is 0.619. The Hall–Kier alpha value is -8.48. The van der Waals surface area contributed by atoms with Gasteiger partial charge in [-0.05, 0) is 150 Å². The minimum atomic E-state index is 0.612. The van der Waals surface area contributed by atoms with Crippen LogP contribution in [0.3, 0.4) is 0 Å². The van der Waals surface area contributed by atoms with E-state index in [4.69, 9.17) is 18.8 Å². The van der Waals surface area contributed by atoms with Crippen molar-refractivity contribution in [2.24, 2.45) is 0 Å². The molecule has 6 heteroatoms. The number of anilines is 6. The highest BCUT2D eigenvalue weighted by Gasteiger charge is 2.17. The second-order valence-corrected chi connectivity index (χ2v) is 15.1. The SMILES string of the molecule is c1ccc(N(c2ccc(-c3cccc(-c4ccc(N(c5ccccc5)c5ccc(-c6nc7ccccc7o6)cc5)cc4)c3)cc2)c2ccc(-c3nc4ccccc4o3)cc2)cc1. The van der Waals surface area contributed by atoms with Gasteiger partial charge in [0.25, 0.3) is 0 Å². The number of hydrogen-bond donors (Lipinski definition) is 0. The normalized spacial score (nSPS) is 11.2. The largest absolute Gasteiger partial charge is 0.436 e. The van der Waals surface area contributed by atoms with Crippen molar-refractivity contribution in [3.63, 3.8) is 0 Å². The summed E-state index contributed by atoms with van der Waals surface area (Å²) in [5.41, 5.74) is 16.1. The zero-order chi connectivity index (χ0) is 41.2. The van der Waals surface area contributed by atoms with Crippen molar-refractivity contribution in [2.75, 3.05) is 9.80 Å². The lowest BCUT2D eigenvalue weighted by Gasteiger charge is -2.26. The number of benzene rings is 9. The van der Waals surface area contributed by atoms with Gasteiger partial charge in [0.1, 0.15) is 11.0 Å². The molecule has 11 aromatic rings. The van der Waals surface area contributed by atoms with Gasteiger partial charge in [-0.2, -0.15) is 0 Å². The van der Waals surface area contributed by atoms with Crippen LogP contribution < -0.4 is 9.80 Å². The molecule has 0 bridgehead atoms. The first-order valence-corrected chi connectivity index (χ1v) is 20.6. The highest BCUT2D eigenvalue weighted by Crippen LogP contribution is 2.39. The molecule has 62 heavy (non-hydrogen) atoms. The van der Waals surface area contributed by atoms with Crippen LogP contribution >= 0.6 is 0 Å². The Bertz CT molecular complexity index is 2980. The van der Waals surface area contributed by atoms with E-state index in [1.807, 2.05) is 60.7 Å². The monoisotopic (exact) mass is 798 g/mol. The number of hydrogen-bond acceptors (Lipinski definition) is 6. The molecule has 0 N–H and O–H groups in total. The average Bonchev–Trinajstić information content (AvgIpc) is 3.99. The van der Waals surface area contributed by atoms with Crippen molar-refractivity contribution in [3.05, 3.63) is 231 Å². The number of rotatable bonds is 10. The van der Waals surface area contributed by atoms with Crippen molar-refractivity contribution >= 4 is 56.3 Å². The summed E-state index contributed by atoms with van der Waals surface area (Å²) < 4.78 is 12.1. The Morgan fingerprint density at radius 1 is 0.258 bits per heavy atom. The van der Waals surface area contributed by atoms with Crippen LogP contribution in [0, 0.1) is 0 Å². The smallest absolute Gasteiger partial charge is 0.227 e. The summed E-state index contributed by atoms with van der Waals surface area (Å²) in [6.45, 7) is 0. The maximum Gasteiger partial charge on any atom is 0.227 e. The molecule has 0 fully saturated rings. The Labute approximate surface area is 359 Å². The molecule has 11 rings (SSSR count). The zero-order valence-corrected chi connectivity index (χ0v) is 33.5. The molecule has 294 valence electrons. The lowest BCUT2D eigenvalue weighted by Crippen LogP contribution is -2.09. The van der Waals surface area contributed by atoms with Gasteiger partial charge in [-0.3, -0.25) is 0 Å². The van der Waals surface area contributed by atoms with Gasteiger partial charge in [-0.1, -0.05) is 103 Å². The predicted octanol–water partition coefficient (Wildman–Crippen LogP) is 15.6. The van der Waals surface area contributed by atoms with E-state index in [1.54, 1.807) is 0 Å². The predicted molar refractivity (Wildman–Crippen MR) is 253 cm³/mol. The molecule has 0 radical (unpaired) electrons. The Balaban J connectivity index is 0.853. The van der Waals surface area contributed by atoms with Gasteiger partial charge < -0.3 is 18.6 Å². The summed E-state index contributed by atoms with van der Waals surface area (Å²) in [5, 5.41) is 0. The molecule has 0 saturated carbocycles. The maximum absolute atomic E-state index is 6.05. The van der Waals surface area contributed by atoms with Crippen molar-refractivity contribution in [1.29, 1.82) is 0 Å². The van der Waals surface area contributed by atoms with E-state index >= 15 is 0 Å². The number of oxazole rings is 2. The fourth-order valence-electron chi connectivity index (χ4n) is 8.03. The van der Waals surface area contributed by atoms with Crippen molar-refractivity contribution in [1.82, 2.24) is 9.97 Å². The maximum atomic E-state index is 6.05. The molecule has 0 amide bonds. The number of nitrogens with zero attached hydrogens (tertiary/aromatic N) is 4. The van der Waals surface area contributed by atoms with Crippen LogP contribution in [-0.2, 0) is 0 Å². The molecule has 6 nitrogen and oxygen atoms in total. The summed E-state index contributed by atoms with van der Waals surface area (Å²) >= 11 is 0. The first-order valence-electron chi connectivity index (χ1n) is 20.6. The molecule has 0 aliphatic rings. The topological polar surface area (TPSA) is 58.5 Å². The first kappa shape index (κ1) is 36.6. The number of para-hydroxylation sites is 6. The molecular weight excluding hydrogens is 761 g/mol. The fourth-order valence-corrected chi connectivity index (χ4v) is 8.03. The molecule has 0 aliphatic heterocycles. The molecule has 0 atom stereocenters. The zero-order valence-electron chi connectivity index (χ0n) is 33.5. The molecule has 0 spiro atoms. The summed E-state index contributed by atoms with van der Waals surface area (Å²) in [6, 6.07) is 79.7. The van der Waals surface area contributed by atoms with Crippen LogP contribution in [-0.4, -0.2) is 9.97 Å². The number of fused-ring (bicyclic) bond motifs is 2. The quantitative estimate of drug-likeness (QED) is 0.137. The van der Waals surface area contributed by atoms with Crippen molar-refractivity contribution in [3.8, 4) is 45.2 Å². The van der Waals surface area contributed by atoms with Gasteiger partial charge in [0.2, 0.25) is 11.8 Å². The molecule has 2 aromatic heterocycles. The van der Waals surface area contributed by atoms with Gasteiger partial charge in [0.15, 0.2) is 11.2 Å². The van der Waals surface area contributed by atoms with Gasteiger partial charge >= 0.3 is 0 Å². The second-order valence-electron chi connectivity index (χ2n) is 15.1. The lowest BCUT2D eigenvalue weighted by atomic mass is 9.98. The molecule has 0 saturated heterocycles. The molecule has 0 aliphatic carbocycles. The second kappa shape index (κ2) is 15.9. The minimum Gasteiger partial charge on any atom is -0.436 e. The van der Waals surface area contributed by atoms with Gasteiger partial charge in [0.05, 0.1) is 0 Å². The van der Waals surface area contributed by atoms with E-state index in [-0.39, 0.29) is 0 Å². The third-order valence-corrected chi connectivity index (χ3v) is 11.1. The van der Waals surface area contributed by atoms with Gasteiger partial charge in [0, 0.05) is 45.3 Å². The van der Waals surface area contributed by atoms with Crippen LogP contribution in [0.4, 0.5) is 34.1 Å². The minimum absolute atomic E-state index is 0.612. The molecule has 9 aromatic carbocycles. The van der Waals surface area contributed by atoms with Crippen LogP contribution in [0.1, 0.15) is 0 Å². The summed E-state index contributed by atoms with van der Waals surface area (Å²) in [6.07, 6.45) is 0. The third kappa shape index (κ3) is 7.16. The highest BCUT2D eigenvalue weighted by atomic mass is 16.4. The number of aromatic nitrogens is 2. The van der Waals surface area contributed by atoms with E-state index in [2.05, 4.69) is 180 Å². The van der Waals surface area contributed by atoms with E-state index in [9.17, 15) is 0 Å². The standard InChI is InChI=1S/C56H38N4O2/c1-3-14-45(15-4-1)59(49-34-26-41(27-35-49)55-57-51-18-7-9-20-53(51)61-55)47-30-22-39(23-31-47)43-12-11-13-44(38-43)40-24-32-48(33-25-40)60(46-16-5-2-6-17-46)50-36-28-42(29-37-50)56-58-52-19-8-10-21-54(52)62-56/h1-38H. The summed E-state index contributed by atoms with van der Waals surface area (Å²) in [4.78, 5) is 13.9. The Morgan fingerprint density at radius 2 is 0.581 bits per heavy atom. The van der Waals surface area contributed by atoms with Gasteiger partial charge in [-0.25, -0.2) is 9.97 Å². The van der Waals surface area contributed by atoms with E-state index in [0.717, 1.165) is 89.7 Å². The molecule has 2 heterocycles. The van der Waals surface area contributed by atoms with Crippen LogP contribution in [0.5, 0.6) is 0 Å². The first-order chi connectivity index (χ1) is 30.7. The molecule has 0 unspecified atom stereocenters. The van der Waals surface area contributed by atoms with E-state index in [1.165, 1.54) is 0 Å². The van der Waals surface area contributed by atoms with E-state index < -0.39 is 0 Å². The Morgan fingerprint density at radius 3 is 0.952 bits per heavy atom. The van der Waals surface area contributed by atoms with Gasteiger partial charge in [-0.15, -0.1) is 0 Å².